The standard InChI is InChI=1S/C9H18N2O/c1-7-2-8(3-10)4-11(7)9-5-12-6-9/h7-9H,2-6,10H2,1H3. The first-order valence-corrected chi connectivity index (χ1v) is 4.85. The number of nitrogens with two attached hydrogens (primary N) is 1. The van der Waals surface area contributed by atoms with Crippen molar-refractivity contribution in [3.8, 4) is 0 Å². The first-order chi connectivity index (χ1) is 5.81. The largest absolute Gasteiger partial charge is 0.378 e. The first-order valence-electron chi connectivity index (χ1n) is 4.85. The van der Waals surface area contributed by atoms with Gasteiger partial charge in [0.1, 0.15) is 0 Å². The van der Waals surface area contributed by atoms with Gasteiger partial charge in [0, 0.05) is 12.6 Å². The SMILES string of the molecule is CC1CC(CN)CN1C1COC1. The van der Waals surface area contributed by atoms with Crippen LogP contribution in [0.3, 0.4) is 0 Å². The highest BCUT2D eigenvalue weighted by atomic mass is 16.5. The molecule has 2 heterocycles. The molecule has 3 heteroatoms. The predicted octanol–water partition coefficient (Wildman–Crippen LogP) is 0.0543. The van der Waals surface area contributed by atoms with Crippen molar-refractivity contribution in [1.82, 2.24) is 4.90 Å². The fraction of sp³-hybridized carbons (Fsp3) is 1.00. The minimum absolute atomic E-state index is 0.691. The van der Waals surface area contributed by atoms with Gasteiger partial charge in [0.25, 0.3) is 0 Å². The number of ether oxygens (including phenoxy) is 1. The molecule has 0 aromatic carbocycles. The van der Waals surface area contributed by atoms with Crippen LogP contribution in [0.5, 0.6) is 0 Å². The second kappa shape index (κ2) is 3.32. The summed E-state index contributed by atoms with van der Waals surface area (Å²) in [5.41, 5.74) is 5.66. The van der Waals surface area contributed by atoms with Gasteiger partial charge in [0.15, 0.2) is 0 Å². The topological polar surface area (TPSA) is 38.5 Å². The van der Waals surface area contributed by atoms with E-state index in [1.54, 1.807) is 0 Å². The minimum atomic E-state index is 0.691. The molecule has 2 aliphatic heterocycles. The fourth-order valence-corrected chi connectivity index (χ4v) is 2.26. The number of likely N-dealkylation sites (tertiary alicyclic amines) is 1. The van der Waals surface area contributed by atoms with Crippen LogP contribution in [0.15, 0.2) is 0 Å². The molecule has 0 spiro atoms. The van der Waals surface area contributed by atoms with Crippen molar-refractivity contribution in [1.29, 1.82) is 0 Å². The summed E-state index contributed by atoms with van der Waals surface area (Å²) >= 11 is 0. The molecule has 2 atom stereocenters. The Balaban J connectivity index is 1.89. The Labute approximate surface area is 73.9 Å². The van der Waals surface area contributed by atoms with Crippen LogP contribution in [0.25, 0.3) is 0 Å². The third-order valence-corrected chi connectivity index (χ3v) is 3.13. The molecule has 0 aliphatic carbocycles. The van der Waals surface area contributed by atoms with Crippen LogP contribution in [0.2, 0.25) is 0 Å². The molecule has 0 bridgehead atoms. The highest BCUT2D eigenvalue weighted by molar-refractivity contribution is 4.89. The second-order valence-corrected chi connectivity index (χ2v) is 4.07. The molecule has 2 aliphatic rings. The van der Waals surface area contributed by atoms with Crippen molar-refractivity contribution >= 4 is 0 Å². The van der Waals surface area contributed by atoms with Gasteiger partial charge in [-0.15, -0.1) is 0 Å². The van der Waals surface area contributed by atoms with E-state index in [9.17, 15) is 0 Å². The summed E-state index contributed by atoms with van der Waals surface area (Å²) in [4.78, 5) is 2.56. The van der Waals surface area contributed by atoms with E-state index in [0.29, 0.717) is 12.1 Å². The number of hydrogen-bond donors (Lipinski definition) is 1. The Morgan fingerprint density at radius 1 is 1.50 bits per heavy atom. The smallest absolute Gasteiger partial charge is 0.0645 e. The molecule has 0 aromatic heterocycles. The second-order valence-electron chi connectivity index (χ2n) is 4.07. The Morgan fingerprint density at radius 2 is 2.25 bits per heavy atom. The van der Waals surface area contributed by atoms with Crippen molar-refractivity contribution in [2.24, 2.45) is 11.7 Å². The molecule has 70 valence electrons. The summed E-state index contributed by atoms with van der Waals surface area (Å²) in [6.45, 7) is 6.19. The normalized spacial score (nSPS) is 38.5. The zero-order valence-electron chi connectivity index (χ0n) is 7.70. The lowest BCUT2D eigenvalue weighted by atomic mass is 10.1. The lowest BCUT2D eigenvalue weighted by Gasteiger charge is -2.37. The molecule has 2 fully saturated rings. The van der Waals surface area contributed by atoms with Gasteiger partial charge >= 0.3 is 0 Å². The summed E-state index contributed by atoms with van der Waals surface area (Å²) in [5.74, 6) is 0.723. The number of nitrogens with zero attached hydrogens (tertiary/aromatic N) is 1. The van der Waals surface area contributed by atoms with Gasteiger partial charge in [-0.3, -0.25) is 4.90 Å². The molecule has 2 rings (SSSR count). The third kappa shape index (κ3) is 1.37. The van der Waals surface area contributed by atoms with E-state index in [1.165, 1.54) is 13.0 Å². The van der Waals surface area contributed by atoms with Crippen molar-refractivity contribution in [2.75, 3.05) is 26.3 Å². The highest BCUT2D eigenvalue weighted by Crippen LogP contribution is 2.26. The molecule has 0 aromatic rings. The van der Waals surface area contributed by atoms with Crippen molar-refractivity contribution in [3.05, 3.63) is 0 Å². The molecule has 12 heavy (non-hydrogen) atoms. The molecular formula is C9H18N2O. The molecule has 2 unspecified atom stereocenters. The summed E-state index contributed by atoms with van der Waals surface area (Å²) in [6, 6.07) is 1.41. The van der Waals surface area contributed by atoms with E-state index >= 15 is 0 Å². The molecule has 2 saturated heterocycles. The highest BCUT2D eigenvalue weighted by Gasteiger charge is 2.36. The van der Waals surface area contributed by atoms with Crippen LogP contribution >= 0.6 is 0 Å². The monoisotopic (exact) mass is 170 g/mol. The summed E-state index contributed by atoms with van der Waals surface area (Å²) in [7, 11) is 0. The fourth-order valence-electron chi connectivity index (χ4n) is 2.26. The molecule has 0 radical (unpaired) electrons. The van der Waals surface area contributed by atoms with Gasteiger partial charge in [0.05, 0.1) is 19.3 Å². The Morgan fingerprint density at radius 3 is 2.67 bits per heavy atom. The average molecular weight is 170 g/mol. The summed E-state index contributed by atoms with van der Waals surface area (Å²) in [5, 5.41) is 0. The maximum atomic E-state index is 5.66. The van der Waals surface area contributed by atoms with Crippen LogP contribution in [-0.2, 0) is 4.74 Å². The zero-order chi connectivity index (χ0) is 8.55. The minimum Gasteiger partial charge on any atom is -0.378 e. The van der Waals surface area contributed by atoms with Crippen molar-refractivity contribution in [2.45, 2.75) is 25.4 Å². The third-order valence-electron chi connectivity index (χ3n) is 3.13. The first kappa shape index (κ1) is 8.48. The zero-order valence-corrected chi connectivity index (χ0v) is 7.70. The van der Waals surface area contributed by atoms with Crippen LogP contribution in [0.1, 0.15) is 13.3 Å². The molecule has 3 nitrogen and oxygen atoms in total. The predicted molar refractivity (Wildman–Crippen MR) is 47.9 cm³/mol. The number of rotatable bonds is 2. The molecule has 2 N–H and O–H groups in total. The van der Waals surface area contributed by atoms with E-state index in [2.05, 4.69) is 11.8 Å². The van der Waals surface area contributed by atoms with Gasteiger partial charge < -0.3 is 10.5 Å². The van der Waals surface area contributed by atoms with Crippen LogP contribution in [-0.4, -0.2) is 43.3 Å². The lowest BCUT2D eigenvalue weighted by Crippen LogP contribution is -2.50. The molecular weight excluding hydrogens is 152 g/mol. The van der Waals surface area contributed by atoms with E-state index in [4.69, 9.17) is 10.5 Å². The van der Waals surface area contributed by atoms with Gasteiger partial charge in [-0.2, -0.15) is 0 Å². The maximum Gasteiger partial charge on any atom is 0.0645 e. The van der Waals surface area contributed by atoms with Gasteiger partial charge in [-0.05, 0) is 25.8 Å². The Bertz CT molecular complexity index is 159. The Hall–Kier alpha value is -0.120. The van der Waals surface area contributed by atoms with E-state index in [0.717, 1.165) is 25.7 Å². The van der Waals surface area contributed by atoms with E-state index < -0.39 is 0 Å². The average Bonchev–Trinajstić information content (AvgIpc) is 2.29. The van der Waals surface area contributed by atoms with Crippen LogP contribution < -0.4 is 5.73 Å². The Kier molecular flexibility index (Phi) is 2.35. The van der Waals surface area contributed by atoms with Gasteiger partial charge in [0.2, 0.25) is 0 Å². The summed E-state index contributed by atoms with van der Waals surface area (Å²) < 4.78 is 5.19. The summed E-state index contributed by atoms with van der Waals surface area (Å²) in [6.07, 6.45) is 1.27. The van der Waals surface area contributed by atoms with Crippen LogP contribution in [0, 0.1) is 5.92 Å². The molecule has 0 amide bonds. The van der Waals surface area contributed by atoms with Crippen molar-refractivity contribution < 1.29 is 4.74 Å². The van der Waals surface area contributed by atoms with Gasteiger partial charge in [-0.25, -0.2) is 0 Å². The molecule has 0 saturated carbocycles. The van der Waals surface area contributed by atoms with E-state index in [-0.39, 0.29) is 0 Å². The number of hydrogen-bond acceptors (Lipinski definition) is 3. The van der Waals surface area contributed by atoms with E-state index in [1.807, 2.05) is 0 Å². The quantitative estimate of drug-likeness (QED) is 0.636. The van der Waals surface area contributed by atoms with Crippen LogP contribution in [0.4, 0.5) is 0 Å². The van der Waals surface area contributed by atoms with Crippen molar-refractivity contribution in [3.63, 3.8) is 0 Å². The maximum absolute atomic E-state index is 5.66. The van der Waals surface area contributed by atoms with Gasteiger partial charge in [-0.1, -0.05) is 0 Å². The lowest BCUT2D eigenvalue weighted by molar-refractivity contribution is -0.0679.